The predicted molar refractivity (Wildman–Crippen MR) is 117 cm³/mol. The first-order chi connectivity index (χ1) is 15.0. The van der Waals surface area contributed by atoms with E-state index < -0.39 is 28.9 Å². The van der Waals surface area contributed by atoms with Gasteiger partial charge >= 0.3 is 0 Å². The zero-order valence-electron chi connectivity index (χ0n) is 17.2. The Balaban J connectivity index is 2.00. The van der Waals surface area contributed by atoms with Crippen LogP contribution < -0.4 is 14.4 Å². The third kappa shape index (κ3) is 5.33. The summed E-state index contributed by atoms with van der Waals surface area (Å²) < 4.78 is 39.8. The number of carbonyl (C=O) groups is 1. The summed E-state index contributed by atoms with van der Waals surface area (Å²) in [6, 6.07) is 17.1. The van der Waals surface area contributed by atoms with Crippen LogP contribution in [0.1, 0.15) is 21.5 Å². The standard InChI is InChI=1S/C24H22ClF2NO3/c1-30-18-7-3-16(4-8-18)14-28(15-17-5-9-19(31-2)10-6-17)21-12-11-20(26)23(24(21)27)22(29)13-25/h3-12H,13-15H2,1-2H3. The molecule has 3 aromatic carbocycles. The maximum Gasteiger partial charge on any atom is 0.183 e. The summed E-state index contributed by atoms with van der Waals surface area (Å²) in [4.78, 5) is 13.8. The van der Waals surface area contributed by atoms with Gasteiger partial charge in [-0.05, 0) is 47.5 Å². The number of halogens is 3. The summed E-state index contributed by atoms with van der Waals surface area (Å²) in [5.41, 5.74) is 1.27. The molecular weight excluding hydrogens is 424 g/mol. The highest BCUT2D eigenvalue weighted by molar-refractivity contribution is 6.30. The summed E-state index contributed by atoms with van der Waals surface area (Å²) in [5, 5.41) is 0. The minimum Gasteiger partial charge on any atom is -0.497 e. The van der Waals surface area contributed by atoms with Gasteiger partial charge < -0.3 is 14.4 Å². The van der Waals surface area contributed by atoms with Crippen molar-refractivity contribution in [3.05, 3.63) is 89.0 Å². The number of nitrogens with zero attached hydrogens (tertiary/aromatic N) is 1. The summed E-state index contributed by atoms with van der Waals surface area (Å²) >= 11 is 5.56. The van der Waals surface area contributed by atoms with Crippen molar-refractivity contribution in [3.8, 4) is 11.5 Å². The molecule has 0 fully saturated rings. The number of Topliss-reactive ketones (excluding diaryl/α,β-unsaturated/α-hetero) is 1. The molecule has 3 rings (SSSR count). The monoisotopic (exact) mass is 445 g/mol. The number of carbonyl (C=O) groups excluding carboxylic acids is 1. The average molecular weight is 446 g/mol. The molecule has 0 amide bonds. The van der Waals surface area contributed by atoms with Gasteiger partial charge in [-0.25, -0.2) is 8.78 Å². The summed E-state index contributed by atoms with van der Waals surface area (Å²) in [6.45, 7) is 0.653. The molecule has 4 nitrogen and oxygen atoms in total. The lowest BCUT2D eigenvalue weighted by atomic mass is 10.1. The highest BCUT2D eigenvalue weighted by Crippen LogP contribution is 2.29. The summed E-state index contributed by atoms with van der Waals surface area (Å²) in [6.07, 6.45) is 0. The van der Waals surface area contributed by atoms with E-state index >= 15 is 4.39 Å². The van der Waals surface area contributed by atoms with Crippen LogP contribution in [0.25, 0.3) is 0 Å². The van der Waals surface area contributed by atoms with Crippen LogP contribution in [0.4, 0.5) is 14.5 Å². The quantitative estimate of drug-likeness (QED) is 0.317. The molecule has 0 aliphatic rings. The maximum absolute atomic E-state index is 15.3. The fourth-order valence-electron chi connectivity index (χ4n) is 3.24. The van der Waals surface area contributed by atoms with Crippen LogP contribution in [-0.4, -0.2) is 25.9 Å². The largest absolute Gasteiger partial charge is 0.497 e. The molecule has 0 aliphatic heterocycles. The maximum atomic E-state index is 15.3. The minimum atomic E-state index is -0.930. The number of alkyl halides is 1. The van der Waals surface area contributed by atoms with Crippen molar-refractivity contribution in [1.82, 2.24) is 0 Å². The Hall–Kier alpha value is -3.12. The number of methoxy groups -OCH3 is 2. The number of rotatable bonds is 9. The SMILES string of the molecule is COc1ccc(CN(Cc2ccc(OC)cc2)c2ccc(F)c(C(=O)CCl)c2F)cc1. The zero-order chi connectivity index (χ0) is 22.4. The lowest BCUT2D eigenvalue weighted by Crippen LogP contribution is -2.24. The molecule has 0 heterocycles. The normalized spacial score (nSPS) is 10.6. The fourth-order valence-corrected chi connectivity index (χ4v) is 3.37. The van der Waals surface area contributed by atoms with Gasteiger partial charge in [-0.2, -0.15) is 0 Å². The van der Waals surface area contributed by atoms with E-state index in [0.29, 0.717) is 24.6 Å². The van der Waals surface area contributed by atoms with Crippen LogP contribution in [0.15, 0.2) is 60.7 Å². The van der Waals surface area contributed by atoms with Crippen LogP contribution in [0, 0.1) is 11.6 Å². The van der Waals surface area contributed by atoms with E-state index in [0.717, 1.165) is 17.2 Å². The summed E-state index contributed by atoms with van der Waals surface area (Å²) in [5.74, 6) is -1.75. The van der Waals surface area contributed by atoms with E-state index in [1.54, 1.807) is 19.1 Å². The van der Waals surface area contributed by atoms with Gasteiger partial charge in [-0.3, -0.25) is 4.79 Å². The van der Waals surface area contributed by atoms with Crippen molar-refractivity contribution in [2.75, 3.05) is 25.0 Å². The first kappa shape index (κ1) is 22.6. The molecule has 0 aliphatic carbocycles. The van der Waals surface area contributed by atoms with Crippen LogP contribution in [0.5, 0.6) is 11.5 Å². The number of hydrogen-bond donors (Lipinski definition) is 0. The van der Waals surface area contributed by atoms with Gasteiger partial charge in [0.2, 0.25) is 0 Å². The molecule has 0 N–H and O–H groups in total. The van der Waals surface area contributed by atoms with Crippen LogP contribution >= 0.6 is 11.6 Å². The lowest BCUT2D eigenvalue weighted by Gasteiger charge is -2.26. The molecule has 0 unspecified atom stereocenters. The van der Waals surface area contributed by atoms with Gasteiger partial charge in [0.1, 0.15) is 17.3 Å². The van der Waals surface area contributed by atoms with Crippen molar-refractivity contribution in [2.45, 2.75) is 13.1 Å². The smallest absolute Gasteiger partial charge is 0.183 e. The number of hydrogen-bond acceptors (Lipinski definition) is 4. The van der Waals surface area contributed by atoms with Gasteiger partial charge in [0, 0.05) is 13.1 Å². The molecule has 0 aromatic heterocycles. The predicted octanol–water partition coefficient (Wildman–Crippen LogP) is 5.61. The molecule has 31 heavy (non-hydrogen) atoms. The number of anilines is 1. The number of ketones is 1. The van der Waals surface area contributed by atoms with E-state index in [-0.39, 0.29) is 5.69 Å². The Morgan fingerprint density at radius 2 is 1.32 bits per heavy atom. The van der Waals surface area contributed by atoms with Gasteiger partial charge in [-0.1, -0.05) is 24.3 Å². The lowest BCUT2D eigenvalue weighted by molar-refractivity contribution is 0.101. The fraction of sp³-hybridized carbons (Fsp3) is 0.208. The minimum absolute atomic E-state index is 0.113. The van der Waals surface area contributed by atoms with Gasteiger partial charge in [-0.15, -0.1) is 11.6 Å². The van der Waals surface area contributed by atoms with Crippen molar-refractivity contribution in [1.29, 1.82) is 0 Å². The van der Waals surface area contributed by atoms with E-state index in [4.69, 9.17) is 21.1 Å². The molecular formula is C24H22ClF2NO3. The van der Waals surface area contributed by atoms with E-state index in [1.807, 2.05) is 48.5 Å². The van der Waals surface area contributed by atoms with Crippen molar-refractivity contribution in [3.63, 3.8) is 0 Å². The van der Waals surface area contributed by atoms with Crippen LogP contribution in [-0.2, 0) is 13.1 Å². The molecule has 0 saturated heterocycles. The van der Waals surface area contributed by atoms with Gasteiger partial charge in [0.15, 0.2) is 11.6 Å². The molecule has 3 aromatic rings. The van der Waals surface area contributed by atoms with Crippen LogP contribution in [0.2, 0.25) is 0 Å². The van der Waals surface area contributed by atoms with E-state index in [1.165, 1.54) is 6.07 Å². The highest BCUT2D eigenvalue weighted by atomic mass is 35.5. The average Bonchev–Trinajstić information content (AvgIpc) is 2.79. The second-order valence-corrected chi connectivity index (χ2v) is 7.13. The second-order valence-electron chi connectivity index (χ2n) is 6.86. The van der Waals surface area contributed by atoms with E-state index in [9.17, 15) is 9.18 Å². The Bertz CT molecular complexity index is 990. The summed E-state index contributed by atoms with van der Waals surface area (Å²) in [7, 11) is 3.16. The molecule has 0 spiro atoms. The van der Waals surface area contributed by atoms with E-state index in [2.05, 4.69) is 0 Å². The molecule has 0 atom stereocenters. The van der Waals surface area contributed by atoms with Crippen molar-refractivity contribution < 1.29 is 23.0 Å². The van der Waals surface area contributed by atoms with Crippen LogP contribution in [0.3, 0.4) is 0 Å². The Morgan fingerprint density at radius 1 is 0.839 bits per heavy atom. The zero-order valence-corrected chi connectivity index (χ0v) is 18.0. The molecule has 0 radical (unpaired) electrons. The Morgan fingerprint density at radius 3 is 1.74 bits per heavy atom. The Kier molecular flexibility index (Phi) is 7.47. The van der Waals surface area contributed by atoms with Crippen molar-refractivity contribution in [2.24, 2.45) is 0 Å². The topological polar surface area (TPSA) is 38.8 Å². The second kappa shape index (κ2) is 10.3. The number of ether oxygens (including phenoxy) is 2. The van der Waals surface area contributed by atoms with Gasteiger partial charge in [0.25, 0.3) is 0 Å². The molecule has 162 valence electrons. The third-order valence-electron chi connectivity index (χ3n) is 4.88. The van der Waals surface area contributed by atoms with Crippen molar-refractivity contribution >= 4 is 23.1 Å². The first-order valence-electron chi connectivity index (χ1n) is 9.54. The highest BCUT2D eigenvalue weighted by Gasteiger charge is 2.23. The third-order valence-corrected chi connectivity index (χ3v) is 5.12. The Labute approximate surface area is 185 Å². The van der Waals surface area contributed by atoms with Gasteiger partial charge in [0.05, 0.1) is 31.4 Å². The first-order valence-corrected chi connectivity index (χ1v) is 10.1. The molecule has 0 saturated carbocycles. The molecule has 7 heteroatoms. The number of benzene rings is 3. The molecule has 0 bridgehead atoms.